The third-order valence-corrected chi connectivity index (χ3v) is 1.02. The second-order valence-electron chi connectivity index (χ2n) is 2.47. The molecule has 0 aliphatic heterocycles. The van der Waals surface area contributed by atoms with Crippen LogP contribution in [-0.2, 0) is 4.79 Å². The van der Waals surface area contributed by atoms with Crippen molar-refractivity contribution in [2.45, 2.75) is 32.1 Å². The van der Waals surface area contributed by atoms with E-state index in [1.165, 1.54) is 6.92 Å². The summed E-state index contributed by atoms with van der Waals surface area (Å²) in [6.07, 6.45) is -6.56. The summed E-state index contributed by atoms with van der Waals surface area (Å²) in [6, 6.07) is 0. The number of alkyl halides is 3. The monoisotopic (exact) mass is 184 g/mol. The number of rotatable bonds is 3. The second-order valence-corrected chi connectivity index (χ2v) is 2.47. The van der Waals surface area contributed by atoms with Crippen LogP contribution in [0, 0.1) is 0 Å². The first kappa shape index (κ1) is 11.2. The number of hydrogen-bond donors (Lipinski definition) is 2. The van der Waals surface area contributed by atoms with Gasteiger partial charge in [0.05, 0.1) is 12.6 Å². The molecule has 3 N–H and O–H groups in total. The molecule has 0 saturated heterocycles. The van der Waals surface area contributed by atoms with E-state index in [1.54, 1.807) is 0 Å². The van der Waals surface area contributed by atoms with Crippen LogP contribution in [0.4, 0.5) is 13.2 Å². The van der Waals surface area contributed by atoms with E-state index in [2.05, 4.69) is 5.32 Å². The Kier molecular flexibility index (Phi) is 4.02. The largest absolute Gasteiger partial charge is 0.389 e. The standard InChI is InChI=1S/C6H11F3N2O/c1-4(10)11-5(12)2-3-6(7,8)9/h4H,2-3,10H2,1H3,(H,11,12). The number of carbonyl (C=O) groups excluding carboxylic acids is 1. The van der Waals surface area contributed by atoms with Gasteiger partial charge in [-0.1, -0.05) is 0 Å². The van der Waals surface area contributed by atoms with Crippen molar-refractivity contribution in [2.75, 3.05) is 0 Å². The minimum atomic E-state index is -4.28. The van der Waals surface area contributed by atoms with Crippen molar-refractivity contribution in [3.8, 4) is 0 Å². The molecular weight excluding hydrogens is 173 g/mol. The van der Waals surface area contributed by atoms with Gasteiger partial charge in [0.25, 0.3) is 0 Å². The van der Waals surface area contributed by atoms with Crippen LogP contribution in [0.3, 0.4) is 0 Å². The molecule has 0 bridgehead atoms. The lowest BCUT2D eigenvalue weighted by molar-refractivity contribution is -0.144. The molecular formula is C6H11F3N2O. The summed E-state index contributed by atoms with van der Waals surface area (Å²) in [5.41, 5.74) is 5.12. The number of nitrogens with one attached hydrogen (secondary N) is 1. The molecule has 12 heavy (non-hydrogen) atoms. The van der Waals surface area contributed by atoms with Gasteiger partial charge in [0.2, 0.25) is 5.91 Å². The van der Waals surface area contributed by atoms with Crippen LogP contribution >= 0.6 is 0 Å². The van der Waals surface area contributed by atoms with Crippen LogP contribution in [0.1, 0.15) is 19.8 Å². The lowest BCUT2D eigenvalue weighted by atomic mass is 10.3. The summed E-state index contributed by atoms with van der Waals surface area (Å²) < 4.78 is 34.6. The van der Waals surface area contributed by atoms with Gasteiger partial charge in [-0.15, -0.1) is 0 Å². The van der Waals surface area contributed by atoms with Crippen LogP contribution in [-0.4, -0.2) is 18.2 Å². The van der Waals surface area contributed by atoms with Gasteiger partial charge in [0, 0.05) is 6.42 Å². The molecule has 0 spiro atoms. The highest BCUT2D eigenvalue weighted by molar-refractivity contribution is 5.76. The number of nitrogens with two attached hydrogens (primary N) is 1. The summed E-state index contributed by atoms with van der Waals surface area (Å²) in [5.74, 6) is -0.678. The van der Waals surface area contributed by atoms with E-state index >= 15 is 0 Å². The third kappa shape index (κ3) is 7.33. The predicted octanol–water partition coefficient (Wildman–Crippen LogP) is 0.750. The first-order valence-electron chi connectivity index (χ1n) is 3.43. The average Bonchev–Trinajstić information content (AvgIpc) is 1.80. The Balaban J connectivity index is 3.58. The molecule has 72 valence electrons. The highest BCUT2D eigenvalue weighted by atomic mass is 19.4. The summed E-state index contributed by atoms with van der Waals surface area (Å²) >= 11 is 0. The normalized spacial score (nSPS) is 14.1. The molecule has 0 aliphatic carbocycles. The molecule has 1 amide bonds. The van der Waals surface area contributed by atoms with Crippen molar-refractivity contribution >= 4 is 5.91 Å². The summed E-state index contributed by atoms with van der Waals surface area (Å²) in [6.45, 7) is 1.48. The second kappa shape index (κ2) is 4.30. The van der Waals surface area contributed by atoms with Crippen LogP contribution in [0.5, 0.6) is 0 Å². The van der Waals surface area contributed by atoms with Crippen LogP contribution < -0.4 is 11.1 Å². The van der Waals surface area contributed by atoms with Crippen molar-refractivity contribution in [3.63, 3.8) is 0 Å². The minimum Gasteiger partial charge on any atom is -0.341 e. The van der Waals surface area contributed by atoms with Gasteiger partial charge in [-0.05, 0) is 6.92 Å². The Morgan fingerprint density at radius 3 is 2.42 bits per heavy atom. The Bertz CT molecular complexity index is 155. The smallest absolute Gasteiger partial charge is 0.341 e. The number of amides is 1. The number of carbonyl (C=O) groups is 1. The molecule has 0 radical (unpaired) electrons. The molecule has 0 heterocycles. The highest BCUT2D eigenvalue weighted by Crippen LogP contribution is 2.20. The van der Waals surface area contributed by atoms with Crippen molar-refractivity contribution < 1.29 is 18.0 Å². The third-order valence-electron chi connectivity index (χ3n) is 1.02. The van der Waals surface area contributed by atoms with Crippen molar-refractivity contribution in [3.05, 3.63) is 0 Å². The molecule has 0 saturated carbocycles. The maximum Gasteiger partial charge on any atom is 0.389 e. The van der Waals surface area contributed by atoms with E-state index in [0.717, 1.165) is 0 Å². The van der Waals surface area contributed by atoms with E-state index in [0.29, 0.717) is 0 Å². The van der Waals surface area contributed by atoms with Gasteiger partial charge in [-0.25, -0.2) is 0 Å². The van der Waals surface area contributed by atoms with E-state index in [4.69, 9.17) is 5.73 Å². The van der Waals surface area contributed by atoms with Crippen LogP contribution in [0.25, 0.3) is 0 Å². The Morgan fingerprint density at radius 1 is 1.58 bits per heavy atom. The Hall–Kier alpha value is -0.780. The topological polar surface area (TPSA) is 55.1 Å². The molecule has 0 fully saturated rings. The molecule has 1 unspecified atom stereocenters. The molecule has 6 heteroatoms. The zero-order valence-corrected chi connectivity index (χ0v) is 6.61. The SMILES string of the molecule is CC(N)NC(=O)CCC(F)(F)F. The van der Waals surface area contributed by atoms with E-state index in [1.807, 2.05) is 0 Å². The maximum absolute atomic E-state index is 11.5. The lowest BCUT2D eigenvalue weighted by Crippen LogP contribution is -2.39. The van der Waals surface area contributed by atoms with E-state index in [-0.39, 0.29) is 0 Å². The van der Waals surface area contributed by atoms with Crippen LogP contribution in [0.2, 0.25) is 0 Å². The number of halogens is 3. The first-order chi connectivity index (χ1) is 5.31. The maximum atomic E-state index is 11.5. The zero-order chi connectivity index (χ0) is 9.78. The van der Waals surface area contributed by atoms with Gasteiger partial charge in [-0.2, -0.15) is 13.2 Å². The molecule has 1 atom stereocenters. The molecule has 0 aromatic heterocycles. The molecule has 0 rings (SSSR count). The first-order valence-corrected chi connectivity index (χ1v) is 3.43. The fourth-order valence-corrected chi connectivity index (χ4v) is 0.581. The Labute approximate surface area is 68.1 Å². The minimum absolute atomic E-state index is 0.564. The summed E-state index contributed by atoms with van der Waals surface area (Å²) in [7, 11) is 0. The van der Waals surface area contributed by atoms with Gasteiger partial charge >= 0.3 is 6.18 Å². The van der Waals surface area contributed by atoms with Gasteiger partial charge in [0.1, 0.15) is 0 Å². The summed E-state index contributed by atoms with van der Waals surface area (Å²) in [4.78, 5) is 10.6. The highest BCUT2D eigenvalue weighted by Gasteiger charge is 2.27. The van der Waals surface area contributed by atoms with Crippen molar-refractivity contribution in [1.29, 1.82) is 0 Å². The average molecular weight is 184 g/mol. The van der Waals surface area contributed by atoms with E-state index in [9.17, 15) is 18.0 Å². The zero-order valence-electron chi connectivity index (χ0n) is 6.61. The van der Waals surface area contributed by atoms with Gasteiger partial charge < -0.3 is 11.1 Å². The van der Waals surface area contributed by atoms with Gasteiger partial charge in [-0.3, -0.25) is 4.79 Å². The fraction of sp³-hybridized carbons (Fsp3) is 0.833. The van der Waals surface area contributed by atoms with Crippen molar-refractivity contribution in [1.82, 2.24) is 5.32 Å². The number of hydrogen-bond acceptors (Lipinski definition) is 2. The molecule has 3 nitrogen and oxygen atoms in total. The Morgan fingerprint density at radius 2 is 2.08 bits per heavy atom. The fourth-order valence-electron chi connectivity index (χ4n) is 0.581. The predicted molar refractivity (Wildman–Crippen MR) is 37.1 cm³/mol. The molecule has 0 aromatic rings. The molecule has 0 aromatic carbocycles. The van der Waals surface area contributed by atoms with E-state index < -0.39 is 31.1 Å². The quantitative estimate of drug-likeness (QED) is 0.636. The van der Waals surface area contributed by atoms with Gasteiger partial charge in [0.15, 0.2) is 0 Å². The van der Waals surface area contributed by atoms with Crippen molar-refractivity contribution in [2.24, 2.45) is 5.73 Å². The molecule has 0 aliphatic rings. The lowest BCUT2D eigenvalue weighted by Gasteiger charge is -2.09. The van der Waals surface area contributed by atoms with Crippen LogP contribution in [0.15, 0.2) is 0 Å². The summed E-state index contributed by atoms with van der Waals surface area (Å²) in [5, 5.41) is 2.15.